The quantitative estimate of drug-likeness (QED) is 0.648. The van der Waals surface area contributed by atoms with Gasteiger partial charge in [-0.05, 0) is 6.07 Å². The fraction of sp³-hybridized carbons (Fsp3) is 0. The van der Waals surface area contributed by atoms with Gasteiger partial charge in [0.15, 0.2) is 0 Å². The molecule has 2 aromatic heterocycles. The van der Waals surface area contributed by atoms with Crippen LogP contribution in [0.2, 0.25) is 0 Å². The number of aromatic nitrogens is 3. The van der Waals surface area contributed by atoms with E-state index in [1.54, 1.807) is 18.3 Å². The van der Waals surface area contributed by atoms with Crippen LogP contribution in [-0.4, -0.2) is 30.9 Å². The highest BCUT2D eigenvalue weighted by molar-refractivity contribution is 5.80. The number of amides is 1. The molecule has 3 rings (SSSR count). The molecule has 0 saturated carbocycles. The number of hydrogen-bond donors (Lipinski definition) is 3. The van der Waals surface area contributed by atoms with Crippen molar-refractivity contribution in [2.75, 3.05) is 5.43 Å². The van der Waals surface area contributed by atoms with Crippen LogP contribution in [0.5, 0.6) is 11.8 Å². The van der Waals surface area contributed by atoms with Crippen molar-refractivity contribution < 1.29 is 19.8 Å². The zero-order valence-electron chi connectivity index (χ0n) is 10.1. The largest absolute Gasteiger partial charge is 0.493 e. The lowest BCUT2D eigenvalue weighted by Crippen LogP contribution is -2.31. The summed E-state index contributed by atoms with van der Waals surface area (Å²) in [6.45, 7) is 0. The number of hydrogen-bond acceptors (Lipinski definition) is 5. The highest BCUT2D eigenvalue weighted by Crippen LogP contribution is 2.18. The van der Waals surface area contributed by atoms with Crippen LogP contribution in [0.25, 0.3) is 10.9 Å². The van der Waals surface area contributed by atoms with Crippen LogP contribution in [0, 0.1) is 0 Å². The molecule has 3 aromatic rings. The van der Waals surface area contributed by atoms with E-state index in [9.17, 15) is 15.0 Å². The lowest BCUT2D eigenvalue weighted by atomic mass is 10.3. The molecule has 0 unspecified atom stereocenters. The molecular weight excluding hydrogens is 264 g/mol. The van der Waals surface area contributed by atoms with Crippen LogP contribution in [-0.2, 0) is 0 Å². The van der Waals surface area contributed by atoms with Crippen LogP contribution in [0.4, 0.5) is 4.79 Å². The van der Waals surface area contributed by atoms with Crippen LogP contribution in [0.1, 0.15) is 0 Å². The second kappa shape index (κ2) is 4.50. The van der Waals surface area contributed by atoms with E-state index in [-0.39, 0.29) is 11.8 Å². The highest BCUT2D eigenvalue weighted by atomic mass is 16.7. The molecule has 0 atom stereocenters. The predicted molar refractivity (Wildman–Crippen MR) is 68.8 cm³/mol. The predicted octanol–water partition coefficient (Wildman–Crippen LogP) is 1.04. The Morgan fingerprint density at radius 3 is 2.60 bits per heavy atom. The van der Waals surface area contributed by atoms with E-state index in [2.05, 4.69) is 10.5 Å². The summed E-state index contributed by atoms with van der Waals surface area (Å²) >= 11 is 0. The zero-order chi connectivity index (χ0) is 14.1. The number of nitrogens with one attached hydrogen (secondary N) is 1. The third kappa shape index (κ3) is 1.99. The fourth-order valence-corrected chi connectivity index (χ4v) is 1.74. The van der Waals surface area contributed by atoms with Gasteiger partial charge in [0.25, 0.3) is 0 Å². The number of nitrogens with zero attached hydrogens (tertiary/aromatic N) is 3. The Kier molecular flexibility index (Phi) is 2.68. The maximum absolute atomic E-state index is 11.7. The number of rotatable bonds is 2. The molecule has 0 spiro atoms. The van der Waals surface area contributed by atoms with Gasteiger partial charge in [-0.25, -0.2) is 10.2 Å². The third-order valence-corrected chi connectivity index (χ3v) is 2.66. The van der Waals surface area contributed by atoms with Gasteiger partial charge in [0.2, 0.25) is 11.8 Å². The molecule has 3 N–H and O–H groups in total. The fourth-order valence-electron chi connectivity index (χ4n) is 1.74. The molecule has 1 aromatic carbocycles. The average molecular weight is 274 g/mol. The molecule has 0 aliphatic carbocycles. The highest BCUT2D eigenvalue weighted by Gasteiger charge is 2.12. The molecule has 0 aliphatic rings. The standard InChI is InChI=1S/C12H10N4O4/c17-10-5-6-11(18)15(10)14-12(19)20-16-9-4-2-1-3-8(9)7-13-16/h1-7,17-18H,(H,14,19). The summed E-state index contributed by atoms with van der Waals surface area (Å²) in [6, 6.07) is 9.62. The summed E-state index contributed by atoms with van der Waals surface area (Å²) in [5.41, 5.74) is 2.77. The number of benzene rings is 1. The van der Waals surface area contributed by atoms with E-state index >= 15 is 0 Å². The van der Waals surface area contributed by atoms with Gasteiger partial charge in [-0.1, -0.05) is 23.0 Å². The maximum atomic E-state index is 11.7. The maximum Gasteiger partial charge on any atom is 0.452 e. The molecule has 20 heavy (non-hydrogen) atoms. The second-order valence-electron chi connectivity index (χ2n) is 3.95. The number of fused-ring (bicyclic) bond motifs is 1. The minimum absolute atomic E-state index is 0.329. The normalized spacial score (nSPS) is 10.6. The minimum atomic E-state index is -0.916. The summed E-state index contributed by atoms with van der Waals surface area (Å²) < 4.78 is 0.772. The van der Waals surface area contributed by atoms with Crippen molar-refractivity contribution in [2.24, 2.45) is 0 Å². The number of carbonyl (C=O) groups is 1. The summed E-state index contributed by atoms with van der Waals surface area (Å²) in [4.78, 5) is 17.7. The summed E-state index contributed by atoms with van der Waals surface area (Å²) in [6.07, 6.45) is 0.633. The molecule has 8 heteroatoms. The van der Waals surface area contributed by atoms with Gasteiger partial charge in [0.05, 0.1) is 6.20 Å². The summed E-state index contributed by atoms with van der Waals surface area (Å²) in [7, 11) is 0. The Bertz CT molecular complexity index is 757. The van der Waals surface area contributed by atoms with Gasteiger partial charge in [-0.2, -0.15) is 4.68 Å². The zero-order valence-corrected chi connectivity index (χ0v) is 10.1. The molecule has 0 aliphatic heterocycles. The van der Waals surface area contributed by atoms with E-state index in [0.717, 1.165) is 14.9 Å². The monoisotopic (exact) mass is 274 g/mol. The van der Waals surface area contributed by atoms with Crippen molar-refractivity contribution in [1.29, 1.82) is 0 Å². The van der Waals surface area contributed by atoms with Crippen LogP contribution >= 0.6 is 0 Å². The van der Waals surface area contributed by atoms with Crippen molar-refractivity contribution in [2.45, 2.75) is 0 Å². The van der Waals surface area contributed by atoms with Crippen molar-refractivity contribution in [3.05, 3.63) is 42.6 Å². The molecule has 102 valence electrons. The number of aromatic hydroxyl groups is 2. The SMILES string of the molecule is O=C(Nn1c(O)ccc1O)On1ncc2ccccc21. The molecular formula is C12H10N4O4. The Labute approximate surface area is 112 Å². The molecule has 0 radical (unpaired) electrons. The Hall–Kier alpha value is -3.16. The first kappa shape index (κ1) is 11.9. The van der Waals surface area contributed by atoms with Crippen molar-refractivity contribution in [1.82, 2.24) is 14.6 Å². The Balaban J connectivity index is 1.80. The van der Waals surface area contributed by atoms with E-state index in [1.807, 2.05) is 12.1 Å². The Morgan fingerprint density at radius 1 is 1.15 bits per heavy atom. The summed E-state index contributed by atoms with van der Waals surface area (Å²) in [5, 5.41) is 23.5. The first-order chi connectivity index (χ1) is 9.65. The third-order valence-electron chi connectivity index (χ3n) is 2.66. The van der Waals surface area contributed by atoms with E-state index in [4.69, 9.17) is 4.84 Å². The Morgan fingerprint density at radius 2 is 1.85 bits per heavy atom. The number of carbonyl (C=O) groups excluding carboxylic acids is 1. The smallest absolute Gasteiger partial charge is 0.452 e. The molecule has 2 heterocycles. The van der Waals surface area contributed by atoms with Crippen molar-refractivity contribution in [3.8, 4) is 11.8 Å². The van der Waals surface area contributed by atoms with Crippen molar-refractivity contribution >= 4 is 17.0 Å². The van der Waals surface area contributed by atoms with Gasteiger partial charge in [0, 0.05) is 17.5 Å². The molecule has 0 bridgehead atoms. The van der Waals surface area contributed by atoms with Gasteiger partial charge in [-0.15, -0.1) is 5.10 Å². The topological polar surface area (TPSA) is 102 Å². The van der Waals surface area contributed by atoms with E-state index in [1.165, 1.54) is 12.1 Å². The van der Waals surface area contributed by atoms with E-state index in [0.29, 0.717) is 5.52 Å². The van der Waals surface area contributed by atoms with Gasteiger partial charge in [0.1, 0.15) is 5.52 Å². The molecule has 0 fully saturated rings. The lowest BCUT2D eigenvalue weighted by Gasteiger charge is -2.08. The van der Waals surface area contributed by atoms with Crippen LogP contribution in [0.15, 0.2) is 42.6 Å². The minimum Gasteiger partial charge on any atom is -0.493 e. The van der Waals surface area contributed by atoms with Gasteiger partial charge in [-0.3, -0.25) is 4.84 Å². The second-order valence-corrected chi connectivity index (χ2v) is 3.95. The van der Waals surface area contributed by atoms with Crippen molar-refractivity contribution in [3.63, 3.8) is 0 Å². The van der Waals surface area contributed by atoms with Gasteiger partial charge < -0.3 is 10.2 Å². The molecule has 0 saturated heterocycles. The average Bonchev–Trinajstić information content (AvgIpc) is 2.98. The number of para-hydroxylation sites is 1. The van der Waals surface area contributed by atoms with E-state index < -0.39 is 6.09 Å². The van der Waals surface area contributed by atoms with Gasteiger partial charge >= 0.3 is 6.09 Å². The first-order valence-corrected chi connectivity index (χ1v) is 5.67. The van der Waals surface area contributed by atoms with Crippen LogP contribution < -0.4 is 10.3 Å². The lowest BCUT2D eigenvalue weighted by molar-refractivity contribution is 0.132. The first-order valence-electron chi connectivity index (χ1n) is 5.67. The summed E-state index contributed by atoms with van der Waals surface area (Å²) in [5.74, 6) is -0.658. The molecule has 1 amide bonds. The van der Waals surface area contributed by atoms with Crippen LogP contribution in [0.3, 0.4) is 0 Å². The molecule has 8 nitrogen and oxygen atoms in total.